The van der Waals surface area contributed by atoms with Crippen molar-refractivity contribution in [3.05, 3.63) is 60.2 Å². The lowest BCUT2D eigenvalue weighted by Gasteiger charge is -2.10. The molecule has 0 radical (unpaired) electrons. The first-order valence-electron chi connectivity index (χ1n) is 5.46. The maximum atomic E-state index is 10.6. The fourth-order valence-corrected chi connectivity index (χ4v) is 2.22. The lowest BCUT2D eigenvalue weighted by molar-refractivity contribution is 0.536. The standard InChI is InChI=1S/C14H14O2S/c15-17(16)11-10-13-8-4-5-9-14(13)12-6-2-1-3-7-12/h1-9H,10-11H2,(H,15,16)/p-1. The highest BCUT2D eigenvalue weighted by Crippen LogP contribution is 2.23. The molecule has 17 heavy (non-hydrogen) atoms. The third-order valence-corrected chi connectivity index (χ3v) is 3.18. The van der Waals surface area contributed by atoms with Crippen molar-refractivity contribution in [1.29, 1.82) is 0 Å². The van der Waals surface area contributed by atoms with Gasteiger partial charge in [0.15, 0.2) is 0 Å². The van der Waals surface area contributed by atoms with E-state index in [1.54, 1.807) is 0 Å². The Bertz CT molecular complexity index is 509. The second kappa shape index (κ2) is 5.75. The highest BCUT2D eigenvalue weighted by Gasteiger charge is 2.03. The van der Waals surface area contributed by atoms with Crippen LogP contribution in [0.25, 0.3) is 11.1 Å². The summed E-state index contributed by atoms with van der Waals surface area (Å²) in [6, 6.07) is 17.9. The molecule has 2 rings (SSSR count). The Morgan fingerprint density at radius 3 is 2.29 bits per heavy atom. The summed E-state index contributed by atoms with van der Waals surface area (Å²) in [5.41, 5.74) is 3.31. The average molecular weight is 245 g/mol. The lowest BCUT2D eigenvalue weighted by Crippen LogP contribution is -2.00. The van der Waals surface area contributed by atoms with Crippen LogP contribution in [-0.2, 0) is 17.5 Å². The summed E-state index contributed by atoms with van der Waals surface area (Å²) in [6.45, 7) is 0. The maximum absolute atomic E-state index is 10.6. The average Bonchev–Trinajstić information content (AvgIpc) is 2.38. The summed E-state index contributed by atoms with van der Waals surface area (Å²) in [7, 11) is 0. The molecule has 0 saturated heterocycles. The van der Waals surface area contributed by atoms with Crippen molar-refractivity contribution in [2.24, 2.45) is 0 Å². The first-order chi connectivity index (χ1) is 8.27. The van der Waals surface area contributed by atoms with Gasteiger partial charge in [0.05, 0.1) is 0 Å². The summed E-state index contributed by atoms with van der Waals surface area (Å²) in [4.78, 5) is 0. The molecule has 0 bridgehead atoms. The van der Waals surface area contributed by atoms with E-state index in [4.69, 9.17) is 0 Å². The molecule has 0 aromatic heterocycles. The predicted octanol–water partition coefficient (Wildman–Crippen LogP) is 2.78. The van der Waals surface area contributed by atoms with Gasteiger partial charge >= 0.3 is 0 Å². The third-order valence-electron chi connectivity index (χ3n) is 2.64. The zero-order valence-corrected chi connectivity index (χ0v) is 10.2. The second-order valence-electron chi connectivity index (χ2n) is 3.78. The highest BCUT2D eigenvalue weighted by molar-refractivity contribution is 7.79. The smallest absolute Gasteiger partial charge is 0.0142 e. The summed E-state index contributed by atoms with van der Waals surface area (Å²) < 4.78 is 21.2. The number of hydrogen-bond acceptors (Lipinski definition) is 2. The fourth-order valence-electron chi connectivity index (χ4n) is 1.83. The Labute approximate surface area is 104 Å². The van der Waals surface area contributed by atoms with Crippen molar-refractivity contribution in [3.63, 3.8) is 0 Å². The molecule has 1 unspecified atom stereocenters. The SMILES string of the molecule is O=S([O-])CCc1ccccc1-c1ccccc1. The van der Waals surface area contributed by atoms with Crippen molar-refractivity contribution in [2.45, 2.75) is 6.42 Å². The van der Waals surface area contributed by atoms with E-state index in [1.807, 2.05) is 54.6 Å². The Morgan fingerprint density at radius 2 is 1.59 bits per heavy atom. The van der Waals surface area contributed by atoms with Crippen molar-refractivity contribution in [3.8, 4) is 11.1 Å². The summed E-state index contributed by atoms with van der Waals surface area (Å²) in [5, 5.41) is 0. The van der Waals surface area contributed by atoms with Crippen LogP contribution in [0.3, 0.4) is 0 Å². The number of hydrogen-bond donors (Lipinski definition) is 0. The Morgan fingerprint density at radius 1 is 0.941 bits per heavy atom. The van der Waals surface area contributed by atoms with Crippen LogP contribution in [0, 0.1) is 0 Å². The van der Waals surface area contributed by atoms with Crippen molar-refractivity contribution in [1.82, 2.24) is 0 Å². The van der Waals surface area contributed by atoms with Gasteiger partial charge in [0, 0.05) is 5.75 Å². The molecule has 2 aromatic rings. The molecule has 1 atom stereocenters. The molecule has 0 aliphatic carbocycles. The topological polar surface area (TPSA) is 40.1 Å². The zero-order valence-electron chi connectivity index (χ0n) is 9.34. The van der Waals surface area contributed by atoms with Crippen LogP contribution in [0.4, 0.5) is 0 Å². The van der Waals surface area contributed by atoms with Crippen LogP contribution in [-0.4, -0.2) is 14.5 Å². The summed E-state index contributed by atoms with van der Waals surface area (Å²) >= 11 is -1.98. The monoisotopic (exact) mass is 245 g/mol. The first kappa shape index (κ1) is 12.0. The van der Waals surface area contributed by atoms with Gasteiger partial charge in [-0.2, -0.15) is 0 Å². The van der Waals surface area contributed by atoms with Gasteiger partial charge in [-0.3, -0.25) is 4.21 Å². The first-order valence-corrected chi connectivity index (χ1v) is 6.71. The van der Waals surface area contributed by atoms with Crippen LogP contribution < -0.4 is 0 Å². The number of benzene rings is 2. The van der Waals surface area contributed by atoms with E-state index < -0.39 is 11.1 Å². The predicted molar refractivity (Wildman–Crippen MR) is 69.4 cm³/mol. The van der Waals surface area contributed by atoms with Crippen LogP contribution in [0.2, 0.25) is 0 Å². The van der Waals surface area contributed by atoms with Crippen molar-refractivity contribution < 1.29 is 8.76 Å². The van der Waals surface area contributed by atoms with Gasteiger partial charge in [-0.1, -0.05) is 65.7 Å². The highest BCUT2D eigenvalue weighted by atomic mass is 32.2. The van der Waals surface area contributed by atoms with E-state index in [0.29, 0.717) is 6.42 Å². The van der Waals surface area contributed by atoms with Crippen LogP contribution in [0.15, 0.2) is 54.6 Å². The van der Waals surface area contributed by atoms with Crippen LogP contribution in [0.1, 0.15) is 5.56 Å². The molecule has 0 fully saturated rings. The van der Waals surface area contributed by atoms with E-state index in [9.17, 15) is 8.76 Å². The molecule has 2 aromatic carbocycles. The van der Waals surface area contributed by atoms with Crippen molar-refractivity contribution >= 4 is 11.1 Å². The van der Waals surface area contributed by atoms with Crippen molar-refractivity contribution in [2.75, 3.05) is 5.75 Å². The number of rotatable bonds is 4. The molecule has 88 valence electrons. The van der Waals surface area contributed by atoms with Gasteiger partial charge in [0.25, 0.3) is 0 Å². The van der Waals surface area contributed by atoms with Gasteiger partial charge in [0.1, 0.15) is 0 Å². The quantitative estimate of drug-likeness (QED) is 0.777. The molecule has 0 aliphatic rings. The molecule has 0 aliphatic heterocycles. The minimum atomic E-state index is -1.98. The van der Waals surface area contributed by atoms with E-state index in [-0.39, 0.29) is 5.75 Å². The largest absolute Gasteiger partial charge is 0.772 e. The maximum Gasteiger partial charge on any atom is 0.0142 e. The molecule has 0 N–H and O–H groups in total. The van der Waals surface area contributed by atoms with E-state index >= 15 is 0 Å². The van der Waals surface area contributed by atoms with Gasteiger partial charge < -0.3 is 4.55 Å². The molecule has 0 spiro atoms. The molecule has 3 heteroatoms. The van der Waals surface area contributed by atoms with Gasteiger partial charge in [0.2, 0.25) is 0 Å². The fraction of sp³-hybridized carbons (Fsp3) is 0.143. The molecule has 0 saturated carbocycles. The molecule has 0 heterocycles. The third kappa shape index (κ3) is 3.25. The zero-order chi connectivity index (χ0) is 12.1. The van der Waals surface area contributed by atoms with E-state index in [2.05, 4.69) is 0 Å². The van der Waals surface area contributed by atoms with Gasteiger partial charge in [-0.25, -0.2) is 0 Å². The minimum absolute atomic E-state index is 0.170. The van der Waals surface area contributed by atoms with Crippen LogP contribution in [0.5, 0.6) is 0 Å². The van der Waals surface area contributed by atoms with Crippen LogP contribution >= 0.6 is 0 Å². The Kier molecular flexibility index (Phi) is 4.07. The van der Waals surface area contributed by atoms with E-state index in [0.717, 1.165) is 16.7 Å². The molecular weight excluding hydrogens is 232 g/mol. The summed E-state index contributed by atoms with van der Waals surface area (Å²) in [6.07, 6.45) is 0.557. The Hall–Kier alpha value is -1.45. The summed E-state index contributed by atoms with van der Waals surface area (Å²) in [5.74, 6) is 0.170. The minimum Gasteiger partial charge on any atom is -0.772 e. The molecule has 0 amide bonds. The lowest BCUT2D eigenvalue weighted by atomic mass is 9.98. The molecular formula is C14H13O2S-. The normalized spacial score (nSPS) is 12.3. The van der Waals surface area contributed by atoms with Gasteiger partial charge in [-0.15, -0.1) is 0 Å². The Balaban J connectivity index is 2.31. The van der Waals surface area contributed by atoms with Gasteiger partial charge in [-0.05, 0) is 23.1 Å². The number of aryl methyl sites for hydroxylation is 1. The molecule has 2 nitrogen and oxygen atoms in total. The second-order valence-corrected chi connectivity index (χ2v) is 4.80. The van der Waals surface area contributed by atoms with E-state index in [1.165, 1.54) is 0 Å².